The zero-order chi connectivity index (χ0) is 5.11. The van der Waals surface area contributed by atoms with Gasteiger partial charge in [-0.05, 0) is 0 Å². The highest BCUT2D eigenvalue weighted by atomic mass is 127. The van der Waals surface area contributed by atoms with Crippen LogP contribution in [0, 0.1) is 0 Å². The lowest BCUT2D eigenvalue weighted by Crippen LogP contribution is -3.00. The lowest BCUT2D eigenvalue weighted by molar-refractivity contribution is -0.519. The molecule has 0 aliphatic rings. The van der Waals surface area contributed by atoms with Gasteiger partial charge >= 0.3 is 0 Å². The van der Waals surface area contributed by atoms with Gasteiger partial charge in [-0.15, -0.1) is 0 Å². The maximum Gasteiger partial charge on any atom is 0.267 e. The number of halogens is 2. The lowest BCUT2D eigenvalue weighted by Gasteiger charge is -1.72. The molecule has 0 aliphatic heterocycles. The fourth-order valence-corrected chi connectivity index (χ4v) is 0.508. The summed E-state index contributed by atoms with van der Waals surface area (Å²) in [4.78, 5) is 0. The Morgan fingerprint density at radius 3 is 1.75 bits per heavy atom. The second-order valence-corrected chi connectivity index (χ2v) is 1.61. The van der Waals surface area contributed by atoms with Crippen molar-refractivity contribution in [1.29, 1.82) is 0 Å². The Hall–Kier alpha value is 0.170. The molecule has 1 aromatic rings. The molecule has 1 aromatic heterocycles. The van der Waals surface area contributed by atoms with Gasteiger partial charge in [0.25, 0.3) is 11.8 Å². The van der Waals surface area contributed by atoms with Crippen LogP contribution in [0.5, 0.6) is 0 Å². The number of nitrogens with zero attached hydrogens (tertiary/aromatic N) is 1. The minimum Gasteiger partial charge on any atom is -1.00 e. The second kappa shape index (κ2) is 4.09. The first kappa shape index (κ1) is 8.17. The molecule has 0 unspecified atom stereocenters. The Morgan fingerprint density at radius 2 is 1.50 bits per heavy atom. The van der Waals surface area contributed by atoms with E-state index in [-0.39, 0.29) is 24.0 Å². The zero-order valence-electron chi connectivity index (χ0n) is 4.09. The van der Waals surface area contributed by atoms with Crippen LogP contribution in [-0.4, -0.2) is 0 Å². The third-order valence-electron chi connectivity index (χ3n) is 0.679. The van der Waals surface area contributed by atoms with Crippen LogP contribution in [-0.2, 0) is 0 Å². The van der Waals surface area contributed by atoms with E-state index in [0.717, 1.165) is 0 Å². The Labute approximate surface area is 70.4 Å². The molecule has 0 aromatic carbocycles. The van der Waals surface area contributed by atoms with Crippen LogP contribution in [0.25, 0.3) is 0 Å². The predicted octanol–water partition coefficient (Wildman–Crippen LogP) is -2.02. The van der Waals surface area contributed by atoms with E-state index < -0.39 is 0 Å². The highest BCUT2D eigenvalue weighted by Gasteiger charge is 1.83. The van der Waals surface area contributed by atoms with Crippen molar-refractivity contribution in [1.82, 2.24) is 0 Å². The van der Waals surface area contributed by atoms with Crippen molar-refractivity contribution in [3.8, 4) is 0 Å². The first-order chi connectivity index (χ1) is 3.39. The van der Waals surface area contributed by atoms with E-state index in [4.69, 9.17) is 11.8 Å². The van der Waals surface area contributed by atoms with Gasteiger partial charge in [-0.1, -0.05) is 10.2 Å². The van der Waals surface area contributed by atoms with Crippen LogP contribution >= 0.6 is 11.8 Å². The number of pyridine rings is 1. The van der Waals surface area contributed by atoms with Gasteiger partial charge in [0.1, 0.15) is 0 Å². The van der Waals surface area contributed by atoms with E-state index in [1.54, 1.807) is 12.4 Å². The van der Waals surface area contributed by atoms with E-state index in [1.165, 1.54) is 4.09 Å². The van der Waals surface area contributed by atoms with Gasteiger partial charge in [0, 0.05) is 12.1 Å². The van der Waals surface area contributed by atoms with Gasteiger partial charge in [-0.2, -0.15) is 0 Å². The maximum absolute atomic E-state index is 5.46. The molecule has 1 heterocycles. The number of hydrogen-bond acceptors (Lipinski definition) is 0. The average molecular weight is 241 g/mol. The van der Waals surface area contributed by atoms with Crippen LogP contribution in [0.2, 0.25) is 0 Å². The highest BCUT2D eigenvalue weighted by molar-refractivity contribution is 6.04. The Bertz CT molecular complexity index is 142. The van der Waals surface area contributed by atoms with Crippen LogP contribution in [0.3, 0.4) is 0 Å². The van der Waals surface area contributed by atoms with E-state index in [1.807, 2.05) is 18.2 Å². The summed E-state index contributed by atoms with van der Waals surface area (Å²) in [6, 6.07) is 5.65. The third kappa shape index (κ3) is 2.47. The molecule has 0 saturated carbocycles. The lowest BCUT2D eigenvalue weighted by atomic mass is 10.5. The molecule has 0 bridgehead atoms. The molecule has 0 N–H and O–H groups in total. The monoisotopic (exact) mass is 241 g/mol. The smallest absolute Gasteiger partial charge is 0.267 e. The molecule has 0 fully saturated rings. The van der Waals surface area contributed by atoms with E-state index in [2.05, 4.69) is 0 Å². The molecule has 8 heavy (non-hydrogen) atoms. The molecule has 0 aliphatic carbocycles. The van der Waals surface area contributed by atoms with Gasteiger partial charge in [0.2, 0.25) is 0 Å². The number of hydrogen-bond donors (Lipinski definition) is 0. The Kier molecular flexibility index (Phi) is 4.18. The summed E-state index contributed by atoms with van der Waals surface area (Å²) in [6.07, 6.45) is 3.53. The van der Waals surface area contributed by atoms with E-state index >= 15 is 0 Å². The van der Waals surface area contributed by atoms with Gasteiger partial charge < -0.3 is 24.0 Å². The van der Waals surface area contributed by atoms with Crippen molar-refractivity contribution < 1.29 is 28.1 Å². The molecule has 3 heteroatoms. The first-order valence-corrected chi connectivity index (χ1v) is 2.36. The molecule has 0 amide bonds. The van der Waals surface area contributed by atoms with Crippen molar-refractivity contribution in [2.24, 2.45) is 0 Å². The number of aromatic nitrogens is 1. The minimum atomic E-state index is 0. The van der Waals surface area contributed by atoms with Crippen LogP contribution in [0.4, 0.5) is 0 Å². The minimum absolute atomic E-state index is 0. The molecular weight excluding hydrogens is 236 g/mol. The van der Waals surface area contributed by atoms with E-state index in [0.29, 0.717) is 0 Å². The third-order valence-corrected chi connectivity index (χ3v) is 0.905. The summed E-state index contributed by atoms with van der Waals surface area (Å²) < 4.78 is 1.47. The van der Waals surface area contributed by atoms with Crippen LogP contribution < -0.4 is 28.1 Å². The van der Waals surface area contributed by atoms with Crippen molar-refractivity contribution in [3.05, 3.63) is 30.6 Å². The summed E-state index contributed by atoms with van der Waals surface area (Å²) >= 11 is 5.46. The summed E-state index contributed by atoms with van der Waals surface area (Å²) in [5.74, 6) is 0. The molecule has 0 radical (unpaired) electrons. The zero-order valence-corrected chi connectivity index (χ0v) is 7.00. The molecule has 0 atom stereocenters. The fourth-order valence-electron chi connectivity index (χ4n) is 0.378. The largest absolute Gasteiger partial charge is 1.00 e. The van der Waals surface area contributed by atoms with Crippen molar-refractivity contribution in [2.75, 3.05) is 0 Å². The summed E-state index contributed by atoms with van der Waals surface area (Å²) in [7, 11) is 0. The SMILES string of the molecule is Cl[n+]1ccccc1.[I-]. The van der Waals surface area contributed by atoms with Crippen LogP contribution in [0.1, 0.15) is 0 Å². The molecule has 0 saturated heterocycles. The Balaban J connectivity index is 0.000000490. The van der Waals surface area contributed by atoms with Crippen molar-refractivity contribution >= 4 is 11.8 Å². The van der Waals surface area contributed by atoms with Crippen molar-refractivity contribution in [2.45, 2.75) is 0 Å². The molecular formula is C5H5ClIN. The summed E-state index contributed by atoms with van der Waals surface area (Å²) in [5.41, 5.74) is 0. The molecule has 0 spiro atoms. The number of rotatable bonds is 0. The Morgan fingerprint density at radius 1 is 1.00 bits per heavy atom. The van der Waals surface area contributed by atoms with Crippen molar-refractivity contribution in [3.63, 3.8) is 0 Å². The standard InChI is InChI=1S/C5H5ClN.HI/c6-7-4-2-1-3-5-7;/h1-5H;1H/q+1;/p-1. The topological polar surface area (TPSA) is 3.88 Å². The maximum atomic E-state index is 5.46. The predicted molar refractivity (Wildman–Crippen MR) is 27.9 cm³/mol. The van der Waals surface area contributed by atoms with Gasteiger partial charge in [0.15, 0.2) is 12.4 Å². The van der Waals surface area contributed by atoms with Gasteiger partial charge in [-0.25, -0.2) is 0 Å². The van der Waals surface area contributed by atoms with E-state index in [9.17, 15) is 0 Å². The fraction of sp³-hybridized carbons (Fsp3) is 0. The summed E-state index contributed by atoms with van der Waals surface area (Å²) in [5, 5.41) is 0. The quantitative estimate of drug-likeness (QED) is 0.462. The normalized spacial score (nSPS) is 7.62. The van der Waals surface area contributed by atoms with Gasteiger partial charge in [0.05, 0.1) is 0 Å². The summed E-state index contributed by atoms with van der Waals surface area (Å²) in [6.45, 7) is 0. The second-order valence-electron chi connectivity index (χ2n) is 1.22. The molecule has 44 valence electrons. The molecule has 1 rings (SSSR count). The first-order valence-electron chi connectivity index (χ1n) is 2.02. The average Bonchev–Trinajstić information content (AvgIpc) is 1.69. The van der Waals surface area contributed by atoms with Crippen LogP contribution in [0.15, 0.2) is 30.6 Å². The van der Waals surface area contributed by atoms with Gasteiger partial charge in [-0.3, -0.25) is 0 Å². The molecule has 1 nitrogen and oxygen atoms in total. The highest BCUT2D eigenvalue weighted by Crippen LogP contribution is 1.75.